The summed E-state index contributed by atoms with van der Waals surface area (Å²) in [5, 5.41) is 3.29. The first-order valence-electron chi connectivity index (χ1n) is 9.52. The molecule has 5 heteroatoms. The summed E-state index contributed by atoms with van der Waals surface area (Å²) in [4.78, 5) is 25.8. The van der Waals surface area contributed by atoms with Gasteiger partial charge in [0.2, 0.25) is 5.91 Å². The quantitative estimate of drug-likeness (QED) is 0.832. The molecule has 2 unspecified atom stereocenters. The Bertz CT molecular complexity index is 586. The third-order valence-corrected chi connectivity index (χ3v) is 5.66. The summed E-state index contributed by atoms with van der Waals surface area (Å²) in [7, 11) is 0. The molecule has 0 aromatic heterocycles. The zero-order valence-corrected chi connectivity index (χ0v) is 14.8. The molecule has 3 N–H and O–H groups in total. The zero-order chi connectivity index (χ0) is 17.6. The molecule has 1 saturated heterocycles. The van der Waals surface area contributed by atoms with E-state index in [2.05, 4.69) is 17.4 Å². The summed E-state index contributed by atoms with van der Waals surface area (Å²) < 4.78 is 0. The monoisotopic (exact) mass is 343 g/mol. The van der Waals surface area contributed by atoms with Crippen LogP contribution in [0, 0.1) is 11.8 Å². The standard InChI is InChI=1S/C20H29N3O2/c21-18(24)12-11-15-6-5-13-23(14-15)20(25)22-19(17-9-4-10-17)16-7-2-1-3-8-16/h1-3,7-8,15,17,19H,4-6,9-14H2,(H2,21,24)(H,22,25). The number of carbonyl (C=O) groups is 2. The Hall–Kier alpha value is -2.04. The summed E-state index contributed by atoms with van der Waals surface area (Å²) in [6.45, 7) is 1.52. The van der Waals surface area contributed by atoms with Crippen molar-refractivity contribution in [3.05, 3.63) is 35.9 Å². The Morgan fingerprint density at radius 3 is 2.56 bits per heavy atom. The fourth-order valence-electron chi connectivity index (χ4n) is 3.96. The van der Waals surface area contributed by atoms with Gasteiger partial charge in [-0.15, -0.1) is 0 Å². The maximum absolute atomic E-state index is 12.8. The molecule has 3 amide bonds. The van der Waals surface area contributed by atoms with Gasteiger partial charge >= 0.3 is 6.03 Å². The van der Waals surface area contributed by atoms with Gasteiger partial charge in [0.15, 0.2) is 0 Å². The van der Waals surface area contributed by atoms with E-state index in [4.69, 9.17) is 5.73 Å². The van der Waals surface area contributed by atoms with Crippen molar-refractivity contribution in [2.45, 2.75) is 51.0 Å². The molecule has 0 bridgehead atoms. The van der Waals surface area contributed by atoms with E-state index in [1.807, 2.05) is 23.1 Å². The predicted octanol–water partition coefficient (Wildman–Crippen LogP) is 3.21. The summed E-state index contributed by atoms with van der Waals surface area (Å²) in [5.41, 5.74) is 6.45. The number of rotatable bonds is 6. The molecule has 0 spiro atoms. The lowest BCUT2D eigenvalue weighted by Crippen LogP contribution is -2.48. The molecule has 0 radical (unpaired) electrons. The number of nitrogens with zero attached hydrogens (tertiary/aromatic N) is 1. The second kappa shape index (κ2) is 8.37. The third kappa shape index (κ3) is 4.74. The van der Waals surface area contributed by atoms with Gasteiger partial charge in [0.25, 0.3) is 0 Å². The van der Waals surface area contributed by atoms with E-state index in [9.17, 15) is 9.59 Å². The van der Waals surface area contributed by atoms with Crippen molar-refractivity contribution in [3.63, 3.8) is 0 Å². The van der Waals surface area contributed by atoms with Gasteiger partial charge in [-0.3, -0.25) is 4.79 Å². The van der Waals surface area contributed by atoms with Crippen LogP contribution in [0.1, 0.15) is 56.6 Å². The molecular weight excluding hydrogens is 314 g/mol. The van der Waals surface area contributed by atoms with Crippen LogP contribution < -0.4 is 11.1 Å². The molecule has 2 atom stereocenters. The van der Waals surface area contributed by atoms with Crippen LogP contribution in [0.5, 0.6) is 0 Å². The van der Waals surface area contributed by atoms with Gasteiger partial charge in [0.05, 0.1) is 6.04 Å². The van der Waals surface area contributed by atoms with E-state index in [-0.39, 0.29) is 18.0 Å². The van der Waals surface area contributed by atoms with Crippen molar-refractivity contribution >= 4 is 11.9 Å². The Balaban J connectivity index is 1.60. The van der Waals surface area contributed by atoms with Gasteiger partial charge in [-0.05, 0) is 49.5 Å². The van der Waals surface area contributed by atoms with Gasteiger partial charge in [0, 0.05) is 19.5 Å². The Kier molecular flexibility index (Phi) is 5.95. The summed E-state index contributed by atoms with van der Waals surface area (Å²) in [6.07, 6.45) is 6.88. The van der Waals surface area contributed by atoms with Crippen LogP contribution in [0.15, 0.2) is 30.3 Å². The van der Waals surface area contributed by atoms with Gasteiger partial charge < -0.3 is 16.0 Å². The lowest BCUT2D eigenvalue weighted by atomic mass is 9.77. The molecule has 2 aliphatic rings. The minimum atomic E-state index is -0.254. The Morgan fingerprint density at radius 1 is 1.16 bits per heavy atom. The fraction of sp³-hybridized carbons (Fsp3) is 0.600. The van der Waals surface area contributed by atoms with Crippen molar-refractivity contribution in [1.29, 1.82) is 0 Å². The average Bonchev–Trinajstić information content (AvgIpc) is 2.59. The largest absolute Gasteiger partial charge is 0.370 e. The number of urea groups is 1. The lowest BCUT2D eigenvalue weighted by Gasteiger charge is -2.38. The molecule has 1 aliphatic heterocycles. The van der Waals surface area contributed by atoms with Gasteiger partial charge in [-0.25, -0.2) is 4.79 Å². The molecule has 3 rings (SSSR count). The molecule has 1 aromatic carbocycles. The Morgan fingerprint density at radius 2 is 1.92 bits per heavy atom. The highest BCUT2D eigenvalue weighted by atomic mass is 16.2. The van der Waals surface area contributed by atoms with Crippen LogP contribution >= 0.6 is 0 Å². The van der Waals surface area contributed by atoms with E-state index < -0.39 is 0 Å². The number of amides is 3. The van der Waals surface area contributed by atoms with E-state index in [0.29, 0.717) is 18.3 Å². The molecule has 25 heavy (non-hydrogen) atoms. The number of nitrogens with one attached hydrogen (secondary N) is 1. The highest BCUT2D eigenvalue weighted by Gasteiger charge is 2.32. The van der Waals surface area contributed by atoms with E-state index >= 15 is 0 Å². The number of benzene rings is 1. The van der Waals surface area contributed by atoms with Crippen LogP contribution in [0.2, 0.25) is 0 Å². The molecule has 1 aliphatic carbocycles. The normalized spacial score (nSPS) is 22.1. The molecular formula is C20H29N3O2. The first-order valence-corrected chi connectivity index (χ1v) is 9.52. The Labute approximate surface area is 150 Å². The molecule has 1 saturated carbocycles. The number of hydrogen-bond acceptors (Lipinski definition) is 2. The second-order valence-electron chi connectivity index (χ2n) is 7.49. The topological polar surface area (TPSA) is 75.4 Å². The SMILES string of the molecule is NC(=O)CCC1CCCN(C(=O)NC(c2ccccc2)C2CCC2)C1. The maximum Gasteiger partial charge on any atom is 0.317 e. The van der Waals surface area contributed by atoms with Gasteiger partial charge in [0.1, 0.15) is 0 Å². The molecule has 136 valence electrons. The first kappa shape index (κ1) is 17.8. The second-order valence-corrected chi connectivity index (χ2v) is 7.49. The highest BCUT2D eigenvalue weighted by molar-refractivity contribution is 5.75. The van der Waals surface area contributed by atoms with Crippen molar-refractivity contribution in [1.82, 2.24) is 10.2 Å². The third-order valence-electron chi connectivity index (χ3n) is 5.66. The predicted molar refractivity (Wildman–Crippen MR) is 97.8 cm³/mol. The summed E-state index contributed by atoms with van der Waals surface area (Å²) >= 11 is 0. The fourth-order valence-corrected chi connectivity index (χ4v) is 3.96. The van der Waals surface area contributed by atoms with Crippen LogP contribution in [0.25, 0.3) is 0 Å². The number of piperidine rings is 1. The van der Waals surface area contributed by atoms with Crippen molar-refractivity contribution in [2.24, 2.45) is 17.6 Å². The first-order chi connectivity index (χ1) is 12.1. The highest BCUT2D eigenvalue weighted by Crippen LogP contribution is 2.37. The molecule has 1 aromatic rings. The number of nitrogens with two attached hydrogens (primary N) is 1. The minimum absolute atomic E-state index is 0.0320. The van der Waals surface area contributed by atoms with Crippen LogP contribution in [-0.4, -0.2) is 29.9 Å². The van der Waals surface area contributed by atoms with Gasteiger partial charge in [-0.1, -0.05) is 36.8 Å². The number of carbonyl (C=O) groups excluding carboxylic acids is 2. The number of hydrogen-bond donors (Lipinski definition) is 2. The van der Waals surface area contributed by atoms with Crippen molar-refractivity contribution < 1.29 is 9.59 Å². The smallest absolute Gasteiger partial charge is 0.317 e. The number of primary amides is 1. The minimum Gasteiger partial charge on any atom is -0.370 e. The number of likely N-dealkylation sites (tertiary alicyclic amines) is 1. The summed E-state index contributed by atoms with van der Waals surface area (Å²) in [6, 6.07) is 10.4. The maximum atomic E-state index is 12.8. The molecule has 2 fully saturated rings. The van der Waals surface area contributed by atoms with Crippen LogP contribution in [-0.2, 0) is 4.79 Å². The molecule has 5 nitrogen and oxygen atoms in total. The van der Waals surface area contributed by atoms with Crippen molar-refractivity contribution in [2.75, 3.05) is 13.1 Å². The van der Waals surface area contributed by atoms with E-state index in [1.165, 1.54) is 24.8 Å². The molecule has 1 heterocycles. The average molecular weight is 343 g/mol. The zero-order valence-electron chi connectivity index (χ0n) is 14.8. The van der Waals surface area contributed by atoms with Gasteiger partial charge in [-0.2, -0.15) is 0 Å². The van der Waals surface area contributed by atoms with Crippen molar-refractivity contribution in [3.8, 4) is 0 Å². The van der Waals surface area contributed by atoms with E-state index in [0.717, 1.165) is 32.4 Å². The van der Waals surface area contributed by atoms with Crippen LogP contribution in [0.3, 0.4) is 0 Å². The van der Waals surface area contributed by atoms with E-state index in [1.54, 1.807) is 0 Å². The summed E-state index contributed by atoms with van der Waals surface area (Å²) in [5.74, 6) is 0.670. The lowest BCUT2D eigenvalue weighted by molar-refractivity contribution is -0.118. The van der Waals surface area contributed by atoms with Crippen LogP contribution in [0.4, 0.5) is 4.79 Å².